The number of aryl methyl sites for hydroxylation is 2. The zero-order valence-corrected chi connectivity index (χ0v) is 12.4. The molecule has 0 aliphatic carbocycles. The van der Waals surface area contributed by atoms with Crippen molar-refractivity contribution in [3.63, 3.8) is 0 Å². The van der Waals surface area contributed by atoms with Crippen LogP contribution in [0.15, 0.2) is 35.7 Å². The van der Waals surface area contributed by atoms with E-state index in [1.807, 2.05) is 19.2 Å². The van der Waals surface area contributed by atoms with Gasteiger partial charge in [-0.15, -0.1) is 0 Å². The number of nitrogens with one attached hydrogen (secondary N) is 1. The summed E-state index contributed by atoms with van der Waals surface area (Å²) in [7, 11) is -0.945. The molecule has 5 heteroatoms. The third kappa shape index (κ3) is 2.27. The molecule has 0 amide bonds. The number of hydrogen-bond acceptors (Lipinski definition) is 3. The van der Waals surface area contributed by atoms with E-state index in [1.165, 1.54) is 27.6 Å². The summed E-state index contributed by atoms with van der Waals surface area (Å²) in [5, 5.41) is 5.87. The maximum absolute atomic E-state index is 11.4. The highest BCUT2D eigenvalue weighted by molar-refractivity contribution is 7.94. The van der Waals surface area contributed by atoms with E-state index in [0.717, 1.165) is 0 Å². The summed E-state index contributed by atoms with van der Waals surface area (Å²) in [4.78, 5) is 0. The first kappa shape index (κ1) is 13.4. The molecule has 1 aliphatic heterocycles. The summed E-state index contributed by atoms with van der Waals surface area (Å²) in [5.74, 6) is 0.163. The number of aromatic nitrogens is 1. The zero-order chi connectivity index (χ0) is 14.3. The van der Waals surface area contributed by atoms with E-state index >= 15 is 0 Å². The van der Waals surface area contributed by atoms with Gasteiger partial charge in [0.1, 0.15) is 0 Å². The van der Waals surface area contributed by atoms with E-state index in [1.54, 1.807) is 6.08 Å². The fourth-order valence-corrected chi connectivity index (χ4v) is 4.09. The Kier molecular flexibility index (Phi) is 3.18. The predicted molar refractivity (Wildman–Crippen MR) is 81.2 cm³/mol. The number of fused-ring (bicyclic) bond motifs is 1. The molecule has 0 saturated heterocycles. The molecule has 1 unspecified atom stereocenters. The second kappa shape index (κ2) is 4.75. The van der Waals surface area contributed by atoms with Gasteiger partial charge >= 0.3 is 0 Å². The van der Waals surface area contributed by atoms with E-state index in [2.05, 4.69) is 28.9 Å². The Hall–Kier alpha value is -1.59. The fourth-order valence-electron chi connectivity index (χ4n) is 2.82. The minimum atomic E-state index is -2.99. The lowest BCUT2D eigenvalue weighted by molar-refractivity contribution is 0.584. The summed E-state index contributed by atoms with van der Waals surface area (Å²) in [6, 6.07) is 8.21. The van der Waals surface area contributed by atoms with Crippen LogP contribution in [0.5, 0.6) is 0 Å². The minimum Gasteiger partial charge on any atom is -0.346 e. The summed E-state index contributed by atoms with van der Waals surface area (Å²) >= 11 is 0. The average molecular weight is 290 g/mol. The monoisotopic (exact) mass is 290 g/mol. The Bertz CT molecular complexity index is 749. The molecule has 1 aromatic heterocycles. The van der Waals surface area contributed by atoms with Crippen molar-refractivity contribution >= 4 is 20.7 Å². The van der Waals surface area contributed by atoms with Gasteiger partial charge in [-0.05, 0) is 18.6 Å². The number of hydrogen-bond donors (Lipinski definition) is 1. The molecule has 1 N–H and O–H groups in total. The highest BCUT2D eigenvalue weighted by Crippen LogP contribution is 2.24. The van der Waals surface area contributed by atoms with Crippen molar-refractivity contribution in [2.45, 2.75) is 19.5 Å². The normalized spacial score (nSPS) is 20.8. The van der Waals surface area contributed by atoms with Crippen LogP contribution in [0.4, 0.5) is 0 Å². The second-order valence-electron chi connectivity index (χ2n) is 5.29. The molecule has 2 aromatic rings. The van der Waals surface area contributed by atoms with Crippen molar-refractivity contribution in [3.8, 4) is 0 Å². The number of sulfone groups is 1. The minimum absolute atomic E-state index is 0.0857. The Morgan fingerprint density at radius 2 is 2.10 bits per heavy atom. The molecule has 20 heavy (non-hydrogen) atoms. The van der Waals surface area contributed by atoms with E-state index < -0.39 is 9.84 Å². The van der Waals surface area contributed by atoms with Gasteiger partial charge in [0, 0.05) is 41.6 Å². The largest absolute Gasteiger partial charge is 0.346 e. The molecule has 1 atom stereocenters. The highest BCUT2D eigenvalue weighted by Gasteiger charge is 2.21. The third-order valence-electron chi connectivity index (χ3n) is 3.97. The number of rotatable bonds is 3. The van der Waals surface area contributed by atoms with E-state index in [0.29, 0.717) is 6.54 Å². The Balaban J connectivity index is 1.84. The third-order valence-corrected chi connectivity index (χ3v) is 5.36. The first-order valence-electron chi connectivity index (χ1n) is 6.65. The van der Waals surface area contributed by atoms with Gasteiger partial charge in [0.15, 0.2) is 9.84 Å². The Labute approximate surface area is 119 Å². The summed E-state index contributed by atoms with van der Waals surface area (Å²) in [6.45, 7) is 2.78. The molecule has 0 spiro atoms. The summed E-state index contributed by atoms with van der Waals surface area (Å²) in [6.07, 6.45) is 1.73. The van der Waals surface area contributed by atoms with Gasteiger partial charge in [-0.3, -0.25) is 0 Å². The van der Waals surface area contributed by atoms with Gasteiger partial charge in [0.2, 0.25) is 0 Å². The highest BCUT2D eigenvalue weighted by atomic mass is 32.2. The van der Waals surface area contributed by atoms with Crippen LogP contribution in [0.1, 0.15) is 11.3 Å². The lowest BCUT2D eigenvalue weighted by atomic mass is 10.1. The van der Waals surface area contributed by atoms with Crippen LogP contribution < -0.4 is 5.32 Å². The molecule has 1 aromatic carbocycles. The topological polar surface area (TPSA) is 51.1 Å². The van der Waals surface area contributed by atoms with E-state index in [-0.39, 0.29) is 11.8 Å². The smallest absolute Gasteiger partial charge is 0.173 e. The van der Waals surface area contributed by atoms with Gasteiger partial charge in [-0.2, -0.15) is 0 Å². The molecule has 0 saturated carbocycles. The number of nitrogens with zero attached hydrogens (tertiary/aromatic N) is 1. The molecule has 2 heterocycles. The molecule has 106 valence electrons. The lowest BCUT2D eigenvalue weighted by Gasteiger charge is -2.11. The molecular weight excluding hydrogens is 272 g/mol. The van der Waals surface area contributed by atoms with Gasteiger partial charge in [-0.25, -0.2) is 8.42 Å². The van der Waals surface area contributed by atoms with Crippen molar-refractivity contribution in [2.24, 2.45) is 7.05 Å². The van der Waals surface area contributed by atoms with Crippen LogP contribution in [0.3, 0.4) is 0 Å². The molecule has 0 radical (unpaired) electrons. The first-order valence-corrected chi connectivity index (χ1v) is 8.37. The van der Waals surface area contributed by atoms with Crippen LogP contribution in [0.2, 0.25) is 0 Å². The van der Waals surface area contributed by atoms with E-state index in [4.69, 9.17) is 0 Å². The van der Waals surface area contributed by atoms with Crippen LogP contribution in [0, 0.1) is 6.92 Å². The lowest BCUT2D eigenvalue weighted by Crippen LogP contribution is -2.30. The van der Waals surface area contributed by atoms with Crippen molar-refractivity contribution in [1.82, 2.24) is 9.88 Å². The second-order valence-corrected chi connectivity index (χ2v) is 7.22. The van der Waals surface area contributed by atoms with Crippen LogP contribution in [-0.4, -0.2) is 24.8 Å². The van der Waals surface area contributed by atoms with Gasteiger partial charge in [0.25, 0.3) is 0 Å². The molecule has 0 bridgehead atoms. The van der Waals surface area contributed by atoms with Crippen LogP contribution in [-0.2, 0) is 23.4 Å². The van der Waals surface area contributed by atoms with Crippen molar-refractivity contribution in [1.29, 1.82) is 0 Å². The molecule has 3 rings (SSSR count). The van der Waals surface area contributed by atoms with Gasteiger partial charge < -0.3 is 9.88 Å². The number of benzene rings is 1. The zero-order valence-electron chi connectivity index (χ0n) is 11.6. The van der Waals surface area contributed by atoms with Gasteiger partial charge in [0.05, 0.1) is 5.75 Å². The predicted octanol–water partition coefficient (Wildman–Crippen LogP) is 1.89. The van der Waals surface area contributed by atoms with Crippen molar-refractivity contribution < 1.29 is 8.42 Å². The molecule has 4 nitrogen and oxygen atoms in total. The SMILES string of the molecule is Cc1c(CNC2C=CS(=O)(=O)C2)n(C)c2ccccc12. The summed E-state index contributed by atoms with van der Waals surface area (Å²) < 4.78 is 25.0. The Morgan fingerprint density at radius 1 is 1.35 bits per heavy atom. The first-order chi connectivity index (χ1) is 9.48. The number of para-hydroxylation sites is 1. The quantitative estimate of drug-likeness (QED) is 0.939. The maximum Gasteiger partial charge on any atom is 0.173 e. The van der Waals surface area contributed by atoms with Crippen molar-refractivity contribution in [3.05, 3.63) is 47.0 Å². The van der Waals surface area contributed by atoms with Crippen molar-refractivity contribution in [2.75, 3.05) is 5.75 Å². The van der Waals surface area contributed by atoms with Gasteiger partial charge in [-0.1, -0.05) is 24.3 Å². The van der Waals surface area contributed by atoms with Crippen LogP contribution >= 0.6 is 0 Å². The molecule has 0 fully saturated rings. The molecular formula is C15H18N2O2S. The summed E-state index contributed by atoms with van der Waals surface area (Å²) in [5.41, 5.74) is 3.65. The molecule has 1 aliphatic rings. The van der Waals surface area contributed by atoms with E-state index in [9.17, 15) is 8.42 Å². The average Bonchev–Trinajstić information content (AvgIpc) is 2.88. The maximum atomic E-state index is 11.4. The fraction of sp³-hybridized carbons (Fsp3) is 0.333. The Morgan fingerprint density at radius 3 is 2.75 bits per heavy atom. The standard InChI is InChI=1S/C15H18N2O2S/c1-11-13-5-3-4-6-14(13)17(2)15(11)9-16-12-7-8-20(18,19)10-12/h3-8,12,16H,9-10H2,1-2H3. The van der Waals surface area contributed by atoms with Crippen LogP contribution in [0.25, 0.3) is 10.9 Å².